The SMILES string of the molecule is CCCC(=O)Nc1ccc(-c2nc3c(N=Nc4nn(-c5ccccc5)cc4C#N)c(C(C)(C)C)[nH]n3n2)cc1. The topological polar surface area (TPSA) is 141 Å². The van der Waals surface area contributed by atoms with Gasteiger partial charge in [-0.15, -0.1) is 20.4 Å². The molecule has 0 fully saturated rings. The van der Waals surface area contributed by atoms with Crippen molar-refractivity contribution in [2.24, 2.45) is 10.2 Å². The number of hydrogen-bond donors (Lipinski definition) is 2. The number of carbonyl (C=O) groups excluding carboxylic acids is 1. The molecule has 1 amide bonds. The van der Waals surface area contributed by atoms with Gasteiger partial charge in [-0.3, -0.25) is 9.89 Å². The number of H-pyrrole nitrogens is 1. The zero-order valence-corrected chi connectivity index (χ0v) is 22.2. The van der Waals surface area contributed by atoms with Crippen LogP contribution in [-0.2, 0) is 10.2 Å². The first kappa shape index (κ1) is 25.5. The van der Waals surface area contributed by atoms with Gasteiger partial charge in [0.15, 0.2) is 11.5 Å². The van der Waals surface area contributed by atoms with Gasteiger partial charge in [0.1, 0.15) is 11.6 Å². The molecule has 3 aromatic heterocycles. The molecule has 0 bridgehead atoms. The lowest BCUT2D eigenvalue weighted by Gasteiger charge is -2.16. The molecule has 39 heavy (non-hydrogen) atoms. The molecule has 196 valence electrons. The van der Waals surface area contributed by atoms with E-state index in [1.165, 1.54) is 0 Å². The summed E-state index contributed by atoms with van der Waals surface area (Å²) in [4.78, 5) is 16.6. The van der Waals surface area contributed by atoms with Crippen LogP contribution in [0.25, 0.3) is 22.7 Å². The number of para-hydroxylation sites is 1. The summed E-state index contributed by atoms with van der Waals surface area (Å²) in [5, 5.41) is 33.8. The Labute approximate surface area is 225 Å². The molecule has 11 heteroatoms. The molecular formula is C28H28N10O. The lowest BCUT2D eigenvalue weighted by molar-refractivity contribution is -0.116. The van der Waals surface area contributed by atoms with Crippen LogP contribution < -0.4 is 5.32 Å². The number of carbonyl (C=O) groups is 1. The van der Waals surface area contributed by atoms with Gasteiger partial charge < -0.3 is 5.32 Å². The zero-order chi connectivity index (χ0) is 27.6. The number of fused-ring (bicyclic) bond motifs is 1. The molecule has 0 aliphatic carbocycles. The van der Waals surface area contributed by atoms with Crippen molar-refractivity contribution in [1.82, 2.24) is 29.6 Å². The quantitative estimate of drug-likeness (QED) is 0.245. The number of hydrogen-bond acceptors (Lipinski definition) is 7. The van der Waals surface area contributed by atoms with Crippen LogP contribution in [0.5, 0.6) is 0 Å². The van der Waals surface area contributed by atoms with Crippen LogP contribution in [0.4, 0.5) is 17.2 Å². The molecule has 2 aromatic carbocycles. The van der Waals surface area contributed by atoms with Gasteiger partial charge in [-0.2, -0.15) is 9.89 Å². The fourth-order valence-corrected chi connectivity index (χ4v) is 4.03. The smallest absolute Gasteiger partial charge is 0.224 e. The Morgan fingerprint density at radius 2 is 1.82 bits per heavy atom. The summed E-state index contributed by atoms with van der Waals surface area (Å²) in [6, 6.07) is 19.0. The molecule has 0 aliphatic heterocycles. The lowest BCUT2D eigenvalue weighted by atomic mass is 9.91. The number of benzene rings is 2. The number of nitrogens with one attached hydrogen (secondary N) is 2. The Balaban J connectivity index is 1.50. The third-order valence-electron chi connectivity index (χ3n) is 6.01. The molecule has 0 unspecified atom stereocenters. The first-order chi connectivity index (χ1) is 18.8. The predicted molar refractivity (Wildman–Crippen MR) is 147 cm³/mol. The zero-order valence-electron chi connectivity index (χ0n) is 22.2. The van der Waals surface area contributed by atoms with E-state index in [0.29, 0.717) is 29.1 Å². The summed E-state index contributed by atoms with van der Waals surface area (Å²) in [6.45, 7) is 8.12. The van der Waals surface area contributed by atoms with Crippen LogP contribution in [0.15, 0.2) is 71.0 Å². The summed E-state index contributed by atoms with van der Waals surface area (Å²) < 4.78 is 3.18. The van der Waals surface area contributed by atoms with E-state index in [0.717, 1.165) is 29.1 Å². The summed E-state index contributed by atoms with van der Waals surface area (Å²) in [7, 11) is 0. The fraction of sp³-hybridized carbons (Fsp3) is 0.250. The third-order valence-corrected chi connectivity index (χ3v) is 6.01. The minimum Gasteiger partial charge on any atom is -0.326 e. The molecule has 5 aromatic rings. The second-order valence-corrected chi connectivity index (χ2v) is 10.1. The highest BCUT2D eigenvalue weighted by molar-refractivity contribution is 5.90. The van der Waals surface area contributed by atoms with Crippen molar-refractivity contribution >= 4 is 28.7 Å². The van der Waals surface area contributed by atoms with Gasteiger partial charge in [0.05, 0.1) is 17.6 Å². The van der Waals surface area contributed by atoms with E-state index in [2.05, 4.69) is 57.7 Å². The van der Waals surface area contributed by atoms with Gasteiger partial charge in [-0.1, -0.05) is 45.9 Å². The molecule has 2 N–H and O–H groups in total. The molecule has 3 heterocycles. The van der Waals surface area contributed by atoms with Gasteiger partial charge in [-0.05, 0) is 42.8 Å². The highest BCUT2D eigenvalue weighted by atomic mass is 16.1. The summed E-state index contributed by atoms with van der Waals surface area (Å²) in [5.74, 6) is 0.688. The average Bonchev–Trinajstić information content (AvgIpc) is 3.61. The van der Waals surface area contributed by atoms with E-state index in [1.54, 1.807) is 15.5 Å². The summed E-state index contributed by atoms with van der Waals surface area (Å²) >= 11 is 0. The van der Waals surface area contributed by atoms with Crippen molar-refractivity contribution in [3.8, 4) is 23.1 Å². The highest BCUT2D eigenvalue weighted by Gasteiger charge is 2.26. The van der Waals surface area contributed by atoms with Gasteiger partial charge >= 0.3 is 0 Å². The first-order valence-electron chi connectivity index (χ1n) is 12.6. The number of aromatic nitrogens is 6. The molecular weight excluding hydrogens is 492 g/mol. The van der Waals surface area contributed by atoms with Crippen molar-refractivity contribution in [2.45, 2.75) is 46.0 Å². The van der Waals surface area contributed by atoms with Crippen LogP contribution in [0.2, 0.25) is 0 Å². The Kier molecular flexibility index (Phi) is 6.77. The molecule has 0 atom stereocenters. The van der Waals surface area contributed by atoms with Crippen molar-refractivity contribution in [1.29, 1.82) is 5.26 Å². The normalized spacial score (nSPS) is 11.8. The fourth-order valence-electron chi connectivity index (χ4n) is 4.03. The largest absolute Gasteiger partial charge is 0.326 e. The van der Waals surface area contributed by atoms with Crippen LogP contribution in [0.1, 0.15) is 51.8 Å². The number of amides is 1. The summed E-state index contributed by atoms with van der Waals surface area (Å²) in [5.41, 5.74) is 4.12. The molecule has 0 aliphatic rings. The Hall–Kier alpha value is -5.11. The maximum atomic E-state index is 11.9. The van der Waals surface area contributed by atoms with E-state index < -0.39 is 0 Å². The Morgan fingerprint density at radius 3 is 2.49 bits per heavy atom. The number of nitrogens with zero attached hydrogens (tertiary/aromatic N) is 8. The number of anilines is 1. The highest BCUT2D eigenvalue weighted by Crippen LogP contribution is 2.36. The van der Waals surface area contributed by atoms with Crippen molar-refractivity contribution in [3.05, 3.63) is 72.1 Å². The second kappa shape index (κ2) is 10.3. The van der Waals surface area contributed by atoms with Crippen molar-refractivity contribution in [3.63, 3.8) is 0 Å². The van der Waals surface area contributed by atoms with Crippen molar-refractivity contribution < 1.29 is 4.79 Å². The van der Waals surface area contributed by atoms with Gasteiger partial charge in [0, 0.05) is 23.1 Å². The molecule has 0 spiro atoms. The maximum absolute atomic E-state index is 11.9. The van der Waals surface area contributed by atoms with Gasteiger partial charge in [0.25, 0.3) is 0 Å². The molecule has 5 rings (SSSR count). The summed E-state index contributed by atoms with van der Waals surface area (Å²) in [6.07, 6.45) is 2.90. The van der Waals surface area contributed by atoms with Crippen LogP contribution in [0, 0.1) is 11.3 Å². The minimum atomic E-state index is -0.309. The standard InChI is InChI=1S/C28H28N10O/c1-5-9-22(39)30-20-14-12-18(13-15-20)25-31-27-23(24(28(2,3)4)34-38(27)36-25)32-33-26-19(16-29)17-37(35-26)21-10-7-6-8-11-21/h6-8,10-15,17,34H,5,9H2,1-4H3,(H,30,39). The lowest BCUT2D eigenvalue weighted by Crippen LogP contribution is -2.12. The van der Waals surface area contributed by atoms with Crippen molar-refractivity contribution in [2.75, 3.05) is 5.32 Å². The molecule has 0 saturated heterocycles. The number of aromatic amines is 1. The van der Waals surface area contributed by atoms with E-state index in [4.69, 9.17) is 4.98 Å². The number of azo groups is 1. The minimum absolute atomic E-state index is 0.0171. The average molecular weight is 521 g/mol. The van der Waals surface area contributed by atoms with E-state index in [-0.39, 0.29) is 17.1 Å². The van der Waals surface area contributed by atoms with E-state index >= 15 is 0 Å². The molecule has 0 saturated carbocycles. The van der Waals surface area contributed by atoms with E-state index in [1.807, 2.05) is 61.5 Å². The molecule has 0 radical (unpaired) electrons. The maximum Gasteiger partial charge on any atom is 0.224 e. The Bertz CT molecular complexity index is 1690. The van der Waals surface area contributed by atoms with E-state index in [9.17, 15) is 10.1 Å². The second-order valence-electron chi connectivity index (χ2n) is 10.1. The monoisotopic (exact) mass is 520 g/mol. The van der Waals surface area contributed by atoms with Crippen LogP contribution in [-0.4, -0.2) is 35.5 Å². The predicted octanol–water partition coefficient (Wildman–Crippen LogP) is 6.23. The third kappa shape index (κ3) is 5.31. The first-order valence-corrected chi connectivity index (χ1v) is 12.6. The number of rotatable bonds is 7. The van der Waals surface area contributed by atoms with Crippen LogP contribution in [0.3, 0.4) is 0 Å². The number of nitriles is 1. The van der Waals surface area contributed by atoms with Gasteiger partial charge in [0.2, 0.25) is 17.4 Å². The Morgan fingerprint density at radius 1 is 1.08 bits per heavy atom. The van der Waals surface area contributed by atoms with Gasteiger partial charge in [-0.25, -0.2) is 9.67 Å². The van der Waals surface area contributed by atoms with Crippen LogP contribution >= 0.6 is 0 Å². The molecule has 11 nitrogen and oxygen atoms in total.